The van der Waals surface area contributed by atoms with Crippen molar-refractivity contribution in [3.05, 3.63) is 11.7 Å². The summed E-state index contributed by atoms with van der Waals surface area (Å²) in [6, 6.07) is 0. The van der Waals surface area contributed by atoms with Crippen molar-refractivity contribution < 1.29 is 4.52 Å². The normalized spacial score (nSPS) is 24.8. The quantitative estimate of drug-likeness (QED) is 0.900. The molecule has 0 radical (unpaired) electrons. The summed E-state index contributed by atoms with van der Waals surface area (Å²) in [4.78, 5) is 6.86. The van der Waals surface area contributed by atoms with Gasteiger partial charge in [0.25, 0.3) is 0 Å². The molecule has 1 aromatic rings. The molecule has 1 saturated carbocycles. The molecule has 1 saturated heterocycles. The smallest absolute Gasteiger partial charge is 0.229 e. The van der Waals surface area contributed by atoms with Crippen molar-refractivity contribution in [1.82, 2.24) is 15.0 Å². The summed E-state index contributed by atoms with van der Waals surface area (Å²) >= 11 is 0. The fraction of sp³-hybridized carbons (Fsp3) is 0.833. The topological polar surface area (TPSA) is 68.2 Å². The fourth-order valence-electron chi connectivity index (χ4n) is 2.52. The lowest BCUT2D eigenvalue weighted by molar-refractivity contribution is 0.166. The Morgan fingerprint density at radius 3 is 2.89 bits per heavy atom. The van der Waals surface area contributed by atoms with Crippen LogP contribution in [0.4, 0.5) is 0 Å². The second-order valence-corrected chi connectivity index (χ2v) is 5.30. The average molecular weight is 273 g/mol. The molecule has 1 aliphatic heterocycles. The van der Waals surface area contributed by atoms with Crippen molar-refractivity contribution >= 4 is 12.4 Å². The predicted molar refractivity (Wildman–Crippen MR) is 70.6 cm³/mol. The fourth-order valence-corrected chi connectivity index (χ4v) is 2.52. The van der Waals surface area contributed by atoms with Crippen molar-refractivity contribution in [2.45, 2.75) is 38.1 Å². The lowest BCUT2D eigenvalue weighted by Crippen LogP contribution is -2.38. The minimum atomic E-state index is 0. The maximum Gasteiger partial charge on any atom is 0.229 e. The van der Waals surface area contributed by atoms with Gasteiger partial charge in [-0.2, -0.15) is 4.98 Å². The van der Waals surface area contributed by atoms with Crippen LogP contribution < -0.4 is 5.73 Å². The second-order valence-electron chi connectivity index (χ2n) is 5.30. The standard InChI is InChI=1S/C12H20N4O.ClH/c13-6-9-2-1-5-16(7-9)8-11-14-12(17-15-11)10-3-4-10;/h9-10H,1-8,13H2;1H. The number of hydrogen-bond acceptors (Lipinski definition) is 5. The van der Waals surface area contributed by atoms with Crippen LogP contribution in [0.1, 0.15) is 43.3 Å². The Kier molecular flexibility index (Phi) is 4.59. The number of piperidine rings is 1. The van der Waals surface area contributed by atoms with Crippen LogP contribution in [0, 0.1) is 5.92 Å². The van der Waals surface area contributed by atoms with Gasteiger partial charge >= 0.3 is 0 Å². The average Bonchev–Trinajstić information content (AvgIpc) is 3.11. The Hall–Kier alpha value is -0.650. The van der Waals surface area contributed by atoms with E-state index in [4.69, 9.17) is 10.3 Å². The third-order valence-corrected chi connectivity index (χ3v) is 3.71. The van der Waals surface area contributed by atoms with E-state index in [0.29, 0.717) is 11.8 Å². The van der Waals surface area contributed by atoms with Crippen LogP contribution in [-0.2, 0) is 6.54 Å². The van der Waals surface area contributed by atoms with Crippen LogP contribution in [0.3, 0.4) is 0 Å². The van der Waals surface area contributed by atoms with Crippen molar-refractivity contribution in [2.75, 3.05) is 19.6 Å². The molecule has 2 fully saturated rings. The molecule has 18 heavy (non-hydrogen) atoms. The van der Waals surface area contributed by atoms with Crippen molar-refractivity contribution in [3.8, 4) is 0 Å². The third kappa shape index (κ3) is 3.22. The first-order chi connectivity index (χ1) is 8.35. The van der Waals surface area contributed by atoms with Gasteiger partial charge in [0.15, 0.2) is 5.82 Å². The number of nitrogens with zero attached hydrogens (tertiary/aromatic N) is 3. The van der Waals surface area contributed by atoms with Crippen molar-refractivity contribution in [2.24, 2.45) is 11.7 Å². The molecule has 1 aromatic heterocycles. The van der Waals surface area contributed by atoms with E-state index in [0.717, 1.165) is 37.9 Å². The van der Waals surface area contributed by atoms with E-state index in [-0.39, 0.29) is 12.4 Å². The highest BCUT2D eigenvalue weighted by atomic mass is 35.5. The van der Waals surface area contributed by atoms with Crippen molar-refractivity contribution in [3.63, 3.8) is 0 Å². The second kappa shape index (κ2) is 5.99. The first-order valence-electron chi connectivity index (χ1n) is 6.60. The molecule has 1 unspecified atom stereocenters. The first kappa shape index (κ1) is 13.8. The van der Waals surface area contributed by atoms with Crippen LogP contribution in [0.15, 0.2) is 4.52 Å². The van der Waals surface area contributed by atoms with Crippen LogP contribution >= 0.6 is 12.4 Å². The molecule has 3 rings (SSSR count). The molecular weight excluding hydrogens is 252 g/mol. The third-order valence-electron chi connectivity index (χ3n) is 3.71. The van der Waals surface area contributed by atoms with Crippen LogP contribution in [0.2, 0.25) is 0 Å². The molecule has 5 nitrogen and oxygen atoms in total. The maximum absolute atomic E-state index is 5.73. The number of halogens is 1. The predicted octanol–water partition coefficient (Wildman–Crippen LogP) is 1.54. The summed E-state index contributed by atoms with van der Waals surface area (Å²) < 4.78 is 5.27. The number of nitrogens with two attached hydrogens (primary N) is 1. The van der Waals surface area contributed by atoms with Gasteiger partial charge in [0, 0.05) is 12.5 Å². The number of rotatable bonds is 4. The lowest BCUT2D eigenvalue weighted by Gasteiger charge is -2.30. The molecule has 2 N–H and O–H groups in total. The Morgan fingerprint density at radius 1 is 1.33 bits per heavy atom. The zero-order chi connectivity index (χ0) is 11.7. The molecule has 2 aliphatic rings. The summed E-state index contributed by atoms with van der Waals surface area (Å²) in [6.07, 6.45) is 4.91. The van der Waals surface area contributed by atoms with E-state index in [1.165, 1.54) is 25.7 Å². The molecule has 6 heteroatoms. The van der Waals surface area contributed by atoms with Gasteiger partial charge in [-0.25, -0.2) is 0 Å². The zero-order valence-corrected chi connectivity index (χ0v) is 11.4. The SMILES string of the molecule is Cl.NCC1CCCN(Cc2noc(C3CC3)n2)C1. The molecule has 0 spiro atoms. The summed E-state index contributed by atoms with van der Waals surface area (Å²) in [6.45, 7) is 3.80. The Morgan fingerprint density at radius 2 is 2.17 bits per heavy atom. The molecule has 1 atom stereocenters. The largest absolute Gasteiger partial charge is 0.339 e. The van der Waals surface area contributed by atoms with E-state index >= 15 is 0 Å². The van der Waals surface area contributed by atoms with Crippen LogP contribution in [-0.4, -0.2) is 34.7 Å². The summed E-state index contributed by atoms with van der Waals surface area (Å²) in [5, 5.41) is 4.06. The van der Waals surface area contributed by atoms with Gasteiger partial charge in [-0.15, -0.1) is 12.4 Å². The Labute approximate surface area is 114 Å². The minimum absolute atomic E-state index is 0. The maximum atomic E-state index is 5.73. The van der Waals surface area contributed by atoms with Crippen LogP contribution in [0.5, 0.6) is 0 Å². The highest BCUT2D eigenvalue weighted by Gasteiger charge is 2.30. The highest BCUT2D eigenvalue weighted by Crippen LogP contribution is 2.38. The summed E-state index contributed by atoms with van der Waals surface area (Å²) in [5.74, 6) is 2.87. The molecule has 0 aromatic carbocycles. The van der Waals surface area contributed by atoms with E-state index in [1.807, 2.05) is 0 Å². The van der Waals surface area contributed by atoms with Gasteiger partial charge in [0.1, 0.15) is 0 Å². The Bertz CT molecular complexity index is 380. The van der Waals surface area contributed by atoms with Gasteiger partial charge in [0.05, 0.1) is 6.54 Å². The van der Waals surface area contributed by atoms with Crippen molar-refractivity contribution in [1.29, 1.82) is 0 Å². The molecule has 2 heterocycles. The van der Waals surface area contributed by atoms with E-state index < -0.39 is 0 Å². The molecule has 1 aliphatic carbocycles. The lowest BCUT2D eigenvalue weighted by atomic mass is 9.98. The zero-order valence-electron chi connectivity index (χ0n) is 10.5. The number of aromatic nitrogens is 2. The van der Waals surface area contributed by atoms with E-state index in [2.05, 4.69) is 15.0 Å². The summed E-state index contributed by atoms with van der Waals surface area (Å²) in [7, 11) is 0. The molecular formula is C12H21ClN4O. The Balaban J connectivity index is 0.00000120. The molecule has 102 valence electrons. The minimum Gasteiger partial charge on any atom is -0.339 e. The van der Waals surface area contributed by atoms with Gasteiger partial charge in [0.2, 0.25) is 5.89 Å². The highest BCUT2D eigenvalue weighted by molar-refractivity contribution is 5.85. The van der Waals surface area contributed by atoms with E-state index in [9.17, 15) is 0 Å². The van der Waals surface area contributed by atoms with Gasteiger partial charge < -0.3 is 10.3 Å². The van der Waals surface area contributed by atoms with Gasteiger partial charge in [-0.05, 0) is 44.7 Å². The monoisotopic (exact) mass is 272 g/mol. The first-order valence-corrected chi connectivity index (χ1v) is 6.60. The number of hydrogen-bond donors (Lipinski definition) is 1. The summed E-state index contributed by atoms with van der Waals surface area (Å²) in [5.41, 5.74) is 5.73. The van der Waals surface area contributed by atoms with E-state index in [1.54, 1.807) is 0 Å². The van der Waals surface area contributed by atoms with Gasteiger partial charge in [-0.3, -0.25) is 4.90 Å². The number of likely N-dealkylation sites (tertiary alicyclic amines) is 1. The molecule has 0 amide bonds. The molecule has 0 bridgehead atoms. The van der Waals surface area contributed by atoms with Gasteiger partial charge in [-0.1, -0.05) is 5.16 Å². The van der Waals surface area contributed by atoms with Crippen LogP contribution in [0.25, 0.3) is 0 Å².